The Balaban J connectivity index is 0.00000169. The van der Waals surface area contributed by atoms with Crippen LogP contribution in [0.1, 0.15) is 18.8 Å². The fraction of sp³-hybridized carbons (Fsp3) is 0.0952. The lowest BCUT2D eigenvalue weighted by Gasteiger charge is -2.06. The van der Waals surface area contributed by atoms with Gasteiger partial charge in [-0.15, -0.1) is 0 Å². The molecule has 3 heteroatoms. The lowest BCUT2D eigenvalue weighted by Crippen LogP contribution is -1.91. The third-order valence-corrected chi connectivity index (χ3v) is 3.71. The van der Waals surface area contributed by atoms with E-state index in [1.54, 1.807) is 0 Å². The molecule has 24 heavy (non-hydrogen) atoms. The summed E-state index contributed by atoms with van der Waals surface area (Å²) in [5, 5.41) is 0. The number of hydrogen-bond acceptors (Lipinski definition) is 2. The first-order valence-electron chi connectivity index (χ1n) is 7.62. The van der Waals surface area contributed by atoms with Gasteiger partial charge in [0.05, 0.1) is 11.0 Å². The first-order valence-corrected chi connectivity index (χ1v) is 7.62. The van der Waals surface area contributed by atoms with Crippen LogP contribution in [0.2, 0.25) is 0 Å². The fourth-order valence-electron chi connectivity index (χ4n) is 2.58. The van der Waals surface area contributed by atoms with Gasteiger partial charge in [0.2, 0.25) is 0 Å². The summed E-state index contributed by atoms with van der Waals surface area (Å²) >= 11 is 0. The van der Waals surface area contributed by atoms with E-state index in [1.807, 2.05) is 66.7 Å². The topological polar surface area (TPSA) is 37.9 Å². The average Bonchev–Trinajstić information content (AvgIpc) is 3.00. The molecule has 4 rings (SSSR count). The second kappa shape index (κ2) is 7.01. The summed E-state index contributed by atoms with van der Waals surface area (Å²) in [6.07, 6.45) is 0.778. The maximum Gasteiger partial charge on any atom is 0.127 e. The van der Waals surface area contributed by atoms with E-state index in [0.29, 0.717) is 0 Å². The van der Waals surface area contributed by atoms with Gasteiger partial charge in [-0.2, -0.15) is 0 Å². The zero-order chi connectivity index (χ0) is 15.5. The Morgan fingerprint density at radius 2 is 1.42 bits per heavy atom. The highest BCUT2D eigenvalue weighted by Crippen LogP contribution is 2.22. The molecule has 0 saturated carbocycles. The monoisotopic (exact) mass is 316 g/mol. The summed E-state index contributed by atoms with van der Waals surface area (Å²) < 4.78 is 5.81. The Morgan fingerprint density at radius 3 is 2.17 bits per heavy atom. The van der Waals surface area contributed by atoms with Crippen molar-refractivity contribution in [3.05, 3.63) is 90.3 Å². The molecule has 0 bridgehead atoms. The fourth-order valence-corrected chi connectivity index (χ4v) is 2.58. The van der Waals surface area contributed by atoms with Gasteiger partial charge in [-0.05, 0) is 42.0 Å². The van der Waals surface area contributed by atoms with E-state index >= 15 is 0 Å². The molecule has 1 heterocycles. The number of fused-ring (bicyclic) bond motifs is 1. The van der Waals surface area contributed by atoms with Crippen LogP contribution < -0.4 is 4.74 Å². The van der Waals surface area contributed by atoms with Gasteiger partial charge in [0.15, 0.2) is 0 Å². The molecule has 3 aromatic carbocycles. The number of aromatic nitrogens is 2. The minimum atomic E-state index is 0. The molecule has 0 fully saturated rings. The van der Waals surface area contributed by atoms with Crippen molar-refractivity contribution in [3.8, 4) is 11.5 Å². The average molecular weight is 316 g/mol. The highest BCUT2D eigenvalue weighted by atomic mass is 16.5. The van der Waals surface area contributed by atoms with E-state index < -0.39 is 0 Å². The highest BCUT2D eigenvalue weighted by molar-refractivity contribution is 5.74. The molecular formula is C21H20N2O. The lowest BCUT2D eigenvalue weighted by molar-refractivity contribution is 0.482. The zero-order valence-electron chi connectivity index (χ0n) is 12.6. The molecule has 0 unspecified atom stereocenters. The Morgan fingerprint density at radius 1 is 0.750 bits per heavy atom. The van der Waals surface area contributed by atoms with E-state index in [2.05, 4.69) is 22.1 Å². The lowest BCUT2D eigenvalue weighted by atomic mass is 10.1. The summed E-state index contributed by atoms with van der Waals surface area (Å²) in [7, 11) is 0. The van der Waals surface area contributed by atoms with Gasteiger partial charge in [0.1, 0.15) is 17.3 Å². The van der Waals surface area contributed by atoms with Gasteiger partial charge >= 0.3 is 0 Å². The SMILES string of the molecule is C.c1ccc(Oc2ccc(Cc3nc4ccccc4[nH]3)cc2)cc1. The smallest absolute Gasteiger partial charge is 0.127 e. The van der Waals surface area contributed by atoms with Gasteiger partial charge in [-0.25, -0.2) is 4.98 Å². The van der Waals surface area contributed by atoms with Crippen LogP contribution >= 0.6 is 0 Å². The molecule has 120 valence electrons. The van der Waals surface area contributed by atoms with Gasteiger partial charge in [0.25, 0.3) is 0 Å². The number of aromatic amines is 1. The van der Waals surface area contributed by atoms with E-state index in [0.717, 1.165) is 34.8 Å². The summed E-state index contributed by atoms with van der Waals surface area (Å²) in [4.78, 5) is 7.97. The molecule has 0 amide bonds. The van der Waals surface area contributed by atoms with Crippen molar-refractivity contribution in [2.45, 2.75) is 13.8 Å². The quantitative estimate of drug-likeness (QED) is 0.533. The molecule has 0 atom stereocenters. The third-order valence-electron chi connectivity index (χ3n) is 3.71. The molecule has 1 aromatic heterocycles. The number of rotatable bonds is 4. The van der Waals surface area contributed by atoms with Crippen molar-refractivity contribution in [2.75, 3.05) is 0 Å². The van der Waals surface area contributed by atoms with Crippen molar-refractivity contribution in [1.82, 2.24) is 9.97 Å². The van der Waals surface area contributed by atoms with E-state index in [1.165, 1.54) is 5.56 Å². The summed E-state index contributed by atoms with van der Waals surface area (Å²) in [5.74, 6) is 2.66. The minimum Gasteiger partial charge on any atom is -0.457 e. The Labute approximate surface area is 142 Å². The predicted molar refractivity (Wildman–Crippen MR) is 98.6 cm³/mol. The maximum atomic E-state index is 5.81. The number of H-pyrrole nitrogens is 1. The first-order chi connectivity index (χ1) is 11.4. The summed E-state index contributed by atoms with van der Waals surface area (Å²) in [6.45, 7) is 0. The normalized spacial score (nSPS) is 10.3. The van der Waals surface area contributed by atoms with Gasteiger partial charge < -0.3 is 9.72 Å². The van der Waals surface area contributed by atoms with Crippen LogP contribution in [0.15, 0.2) is 78.9 Å². The second-order valence-corrected chi connectivity index (χ2v) is 5.44. The van der Waals surface area contributed by atoms with Crippen LogP contribution in [0.4, 0.5) is 0 Å². The number of benzene rings is 3. The second-order valence-electron chi connectivity index (χ2n) is 5.44. The molecule has 0 spiro atoms. The Kier molecular flexibility index (Phi) is 4.62. The van der Waals surface area contributed by atoms with Crippen LogP contribution in [0.25, 0.3) is 11.0 Å². The Hall–Kier alpha value is -3.07. The van der Waals surface area contributed by atoms with Crippen molar-refractivity contribution in [3.63, 3.8) is 0 Å². The molecule has 3 nitrogen and oxygen atoms in total. The number of hydrogen-bond donors (Lipinski definition) is 1. The largest absolute Gasteiger partial charge is 0.457 e. The minimum absolute atomic E-state index is 0. The Bertz CT molecular complexity index is 878. The molecule has 0 aliphatic carbocycles. The van der Waals surface area contributed by atoms with E-state index in [-0.39, 0.29) is 7.43 Å². The van der Waals surface area contributed by atoms with Gasteiger partial charge in [-0.3, -0.25) is 0 Å². The molecule has 4 aromatic rings. The van der Waals surface area contributed by atoms with Crippen molar-refractivity contribution in [1.29, 1.82) is 0 Å². The molecular weight excluding hydrogens is 296 g/mol. The van der Waals surface area contributed by atoms with E-state index in [9.17, 15) is 0 Å². The van der Waals surface area contributed by atoms with Crippen LogP contribution in [0.5, 0.6) is 11.5 Å². The zero-order valence-corrected chi connectivity index (χ0v) is 12.6. The summed E-state index contributed by atoms with van der Waals surface area (Å²) in [6, 6.07) is 26.0. The van der Waals surface area contributed by atoms with Gasteiger partial charge in [-0.1, -0.05) is 49.9 Å². The number of para-hydroxylation sites is 3. The number of nitrogens with one attached hydrogen (secondary N) is 1. The molecule has 0 saturated heterocycles. The van der Waals surface area contributed by atoms with Crippen LogP contribution in [-0.4, -0.2) is 9.97 Å². The van der Waals surface area contributed by atoms with Gasteiger partial charge in [0, 0.05) is 6.42 Å². The van der Waals surface area contributed by atoms with E-state index in [4.69, 9.17) is 4.74 Å². The predicted octanol–water partition coefficient (Wildman–Crippen LogP) is 5.58. The van der Waals surface area contributed by atoms with Crippen molar-refractivity contribution >= 4 is 11.0 Å². The molecule has 1 N–H and O–H groups in total. The standard InChI is InChI=1S/C20H16N2O.CH4/c1-2-6-16(7-3-1)23-17-12-10-15(11-13-17)14-20-21-18-8-4-5-9-19(18)22-20;/h1-13H,14H2,(H,21,22);1H4. The number of imidazole rings is 1. The molecule has 0 aliphatic rings. The first kappa shape index (κ1) is 15.8. The molecule has 0 aliphatic heterocycles. The highest BCUT2D eigenvalue weighted by Gasteiger charge is 2.04. The summed E-state index contributed by atoms with van der Waals surface area (Å²) in [5.41, 5.74) is 3.28. The third kappa shape index (κ3) is 3.46. The van der Waals surface area contributed by atoms with Crippen molar-refractivity contribution < 1.29 is 4.74 Å². The molecule has 0 radical (unpaired) electrons. The number of ether oxygens (including phenoxy) is 1. The van der Waals surface area contributed by atoms with Crippen molar-refractivity contribution in [2.24, 2.45) is 0 Å². The van der Waals surface area contributed by atoms with Crippen LogP contribution in [0.3, 0.4) is 0 Å². The maximum absolute atomic E-state index is 5.81. The van der Waals surface area contributed by atoms with Crippen LogP contribution in [0, 0.1) is 0 Å². The van der Waals surface area contributed by atoms with Crippen LogP contribution in [-0.2, 0) is 6.42 Å². The number of nitrogens with zero attached hydrogens (tertiary/aromatic N) is 1.